The Hall–Kier alpha value is -5.44. The molecule has 5 aromatic rings. The molecule has 2 heterocycles. The van der Waals surface area contributed by atoms with Gasteiger partial charge in [-0.25, -0.2) is 22.3 Å². The average molecular weight is 757 g/mol. The Bertz CT molecular complexity index is 2310. The van der Waals surface area contributed by atoms with Gasteiger partial charge < -0.3 is 19.7 Å². The minimum absolute atomic E-state index is 0.0501. The zero-order chi connectivity index (χ0) is 38.8. The number of aromatic nitrogens is 3. The lowest BCUT2D eigenvalue weighted by atomic mass is 9.81. The summed E-state index contributed by atoms with van der Waals surface area (Å²) < 4.78 is 57.5. The molecule has 0 aliphatic carbocycles. The minimum Gasteiger partial charge on any atom is -0.488 e. The SMILES string of the molecule is CC[C@@H]1CN(Cc2cc(C(OCc3cn(Cc4cccc(-c5ccc(C(=O)O)c(F)c5)c4)nn3)C(C)(C)C(=O)O)ccc2C)S(=O)(=O)c2ccccc2O1. The molecule has 2 N–H and O–H groups in total. The average Bonchev–Trinajstić information content (AvgIpc) is 3.54. The second-order valence-corrected chi connectivity index (χ2v) is 15.8. The third-order valence-electron chi connectivity index (χ3n) is 9.64. The first-order valence-corrected chi connectivity index (χ1v) is 18.8. The molecule has 6 rings (SSSR count). The Morgan fingerprint density at radius 1 is 1.00 bits per heavy atom. The van der Waals surface area contributed by atoms with E-state index in [4.69, 9.17) is 14.6 Å². The molecule has 14 heteroatoms. The summed E-state index contributed by atoms with van der Waals surface area (Å²) in [5.74, 6) is -2.92. The van der Waals surface area contributed by atoms with Crippen LogP contribution in [0.15, 0.2) is 96.0 Å². The van der Waals surface area contributed by atoms with Crippen LogP contribution in [0, 0.1) is 18.2 Å². The summed E-state index contributed by atoms with van der Waals surface area (Å²) >= 11 is 0. The van der Waals surface area contributed by atoms with Crippen LogP contribution in [0.25, 0.3) is 11.1 Å². The van der Waals surface area contributed by atoms with Crippen LogP contribution in [-0.4, -0.2) is 62.5 Å². The molecule has 0 fully saturated rings. The Morgan fingerprint density at radius 3 is 2.48 bits per heavy atom. The van der Waals surface area contributed by atoms with Gasteiger partial charge >= 0.3 is 11.9 Å². The Morgan fingerprint density at radius 2 is 1.76 bits per heavy atom. The van der Waals surface area contributed by atoms with Crippen molar-refractivity contribution in [2.45, 2.75) is 70.9 Å². The molecule has 1 aliphatic rings. The van der Waals surface area contributed by atoms with Crippen LogP contribution in [0.4, 0.5) is 4.39 Å². The maximum atomic E-state index is 14.4. The van der Waals surface area contributed by atoms with Crippen molar-refractivity contribution in [3.63, 3.8) is 0 Å². The summed E-state index contributed by atoms with van der Waals surface area (Å²) in [6, 6.07) is 23.3. The van der Waals surface area contributed by atoms with Crippen molar-refractivity contribution in [2.24, 2.45) is 5.41 Å². The predicted octanol–water partition coefficient (Wildman–Crippen LogP) is 6.87. The third kappa shape index (κ3) is 8.05. The van der Waals surface area contributed by atoms with Crippen LogP contribution >= 0.6 is 0 Å². The number of ether oxygens (including phenoxy) is 2. The highest BCUT2D eigenvalue weighted by molar-refractivity contribution is 7.89. The van der Waals surface area contributed by atoms with E-state index in [-0.39, 0.29) is 30.7 Å². The number of aromatic carboxylic acids is 1. The standard InChI is InChI=1S/C40H41FN4O8S/c1-5-32-23-45(54(50,51)36-12-7-6-11-35(36)53-32)21-30-18-29(14-13-25(30)2)37(40(3,4)39(48)49)52-24-31-22-44(43-42-31)20-26-9-8-10-27(17-26)28-15-16-33(38(46)47)34(41)19-28/h6-19,22,32,37H,5,20-21,23-24H2,1-4H3,(H,46,47)(H,48,49)/t32-,37?/m1/s1. The maximum absolute atomic E-state index is 14.4. The molecule has 1 aromatic heterocycles. The van der Waals surface area contributed by atoms with Crippen molar-refractivity contribution in [1.29, 1.82) is 0 Å². The van der Waals surface area contributed by atoms with Crippen molar-refractivity contribution < 1.29 is 42.1 Å². The fourth-order valence-corrected chi connectivity index (χ4v) is 7.98. The second kappa shape index (κ2) is 15.5. The number of benzene rings is 4. The summed E-state index contributed by atoms with van der Waals surface area (Å²) in [6.45, 7) is 7.42. The summed E-state index contributed by atoms with van der Waals surface area (Å²) in [5, 5.41) is 27.9. The molecule has 282 valence electrons. The molecule has 0 amide bonds. The number of carbonyl (C=O) groups is 2. The van der Waals surface area contributed by atoms with Gasteiger partial charge in [0.15, 0.2) is 0 Å². The summed E-state index contributed by atoms with van der Waals surface area (Å²) in [5.41, 5.74) is 2.81. The van der Waals surface area contributed by atoms with Gasteiger partial charge in [-0.3, -0.25) is 4.79 Å². The summed E-state index contributed by atoms with van der Waals surface area (Å²) in [6.07, 6.45) is 0.990. The van der Waals surface area contributed by atoms with E-state index in [1.54, 1.807) is 67.2 Å². The van der Waals surface area contributed by atoms with Crippen LogP contribution in [0.3, 0.4) is 0 Å². The lowest BCUT2D eigenvalue weighted by Crippen LogP contribution is -2.36. The number of carboxylic acid groups (broad SMARTS) is 2. The Labute approximate surface area is 312 Å². The molecule has 12 nitrogen and oxygen atoms in total. The molecule has 4 aromatic carbocycles. The molecule has 0 radical (unpaired) electrons. The molecular formula is C40H41FN4O8S. The fraction of sp³-hybridized carbons (Fsp3) is 0.300. The van der Waals surface area contributed by atoms with E-state index >= 15 is 0 Å². The monoisotopic (exact) mass is 756 g/mol. The summed E-state index contributed by atoms with van der Waals surface area (Å²) in [4.78, 5) is 23.9. The highest BCUT2D eigenvalue weighted by atomic mass is 32.2. The molecule has 0 saturated heterocycles. The molecule has 54 heavy (non-hydrogen) atoms. The lowest BCUT2D eigenvalue weighted by Gasteiger charge is -2.31. The third-order valence-corrected chi connectivity index (χ3v) is 11.5. The highest BCUT2D eigenvalue weighted by Gasteiger charge is 2.40. The van der Waals surface area contributed by atoms with E-state index < -0.39 is 44.9 Å². The van der Waals surface area contributed by atoms with Gasteiger partial charge in [0.25, 0.3) is 0 Å². The van der Waals surface area contributed by atoms with Crippen LogP contribution in [0.2, 0.25) is 0 Å². The number of hydrogen-bond donors (Lipinski definition) is 2. The van der Waals surface area contributed by atoms with Gasteiger partial charge in [-0.1, -0.05) is 66.7 Å². The molecule has 1 unspecified atom stereocenters. The Balaban J connectivity index is 1.21. The quantitative estimate of drug-likeness (QED) is 0.130. The topological polar surface area (TPSA) is 161 Å². The predicted molar refractivity (Wildman–Crippen MR) is 197 cm³/mol. The van der Waals surface area contributed by atoms with Crippen molar-refractivity contribution >= 4 is 22.0 Å². The fourth-order valence-electron chi connectivity index (χ4n) is 6.41. The number of fused-ring (bicyclic) bond motifs is 1. The van der Waals surface area contributed by atoms with Gasteiger partial charge in [0, 0.05) is 6.54 Å². The van der Waals surface area contributed by atoms with Gasteiger partial charge in [0.05, 0.1) is 43.0 Å². The van der Waals surface area contributed by atoms with E-state index in [1.165, 1.54) is 22.5 Å². The van der Waals surface area contributed by atoms with E-state index in [1.807, 2.05) is 38.1 Å². The Kier molecular flexibility index (Phi) is 11.0. The normalized spacial score (nSPS) is 16.2. The number of halogens is 1. The first-order valence-electron chi connectivity index (χ1n) is 17.4. The van der Waals surface area contributed by atoms with Crippen LogP contribution in [0.5, 0.6) is 5.75 Å². The van der Waals surface area contributed by atoms with Crippen LogP contribution in [-0.2, 0) is 39.3 Å². The molecule has 0 spiro atoms. The van der Waals surface area contributed by atoms with E-state index in [0.717, 1.165) is 11.1 Å². The molecule has 0 saturated carbocycles. The molecule has 0 bridgehead atoms. The van der Waals surface area contributed by atoms with Gasteiger partial charge in [0.1, 0.15) is 28.3 Å². The first-order chi connectivity index (χ1) is 25.7. The van der Waals surface area contributed by atoms with Gasteiger partial charge in [-0.15, -0.1) is 5.10 Å². The molecular weight excluding hydrogens is 716 g/mol. The minimum atomic E-state index is -3.91. The number of rotatable bonds is 13. The zero-order valence-corrected chi connectivity index (χ0v) is 31.1. The maximum Gasteiger partial charge on any atom is 0.338 e. The van der Waals surface area contributed by atoms with Crippen LogP contribution in [0.1, 0.15) is 71.6 Å². The number of hydrogen-bond acceptors (Lipinski definition) is 8. The van der Waals surface area contributed by atoms with Crippen LogP contribution < -0.4 is 4.74 Å². The summed E-state index contributed by atoms with van der Waals surface area (Å²) in [7, 11) is -3.91. The van der Waals surface area contributed by atoms with Crippen molar-refractivity contribution in [3.05, 3.63) is 130 Å². The van der Waals surface area contributed by atoms with Gasteiger partial charge in [-0.2, -0.15) is 4.31 Å². The highest BCUT2D eigenvalue weighted by Crippen LogP contribution is 2.39. The largest absolute Gasteiger partial charge is 0.488 e. The van der Waals surface area contributed by atoms with Crippen molar-refractivity contribution in [2.75, 3.05) is 6.54 Å². The number of aryl methyl sites for hydroxylation is 1. The van der Waals surface area contributed by atoms with E-state index in [0.29, 0.717) is 46.7 Å². The second-order valence-electron chi connectivity index (χ2n) is 13.9. The number of carboxylic acids is 2. The number of para-hydroxylation sites is 1. The van der Waals surface area contributed by atoms with Crippen molar-refractivity contribution in [1.82, 2.24) is 19.3 Å². The number of aliphatic carboxylic acids is 1. The van der Waals surface area contributed by atoms with Crippen molar-refractivity contribution in [3.8, 4) is 16.9 Å². The molecule has 2 atom stereocenters. The smallest absolute Gasteiger partial charge is 0.338 e. The lowest BCUT2D eigenvalue weighted by molar-refractivity contribution is -0.158. The van der Waals surface area contributed by atoms with E-state index in [9.17, 15) is 27.5 Å². The first kappa shape index (κ1) is 38.3. The zero-order valence-electron chi connectivity index (χ0n) is 30.3. The number of sulfonamides is 1. The van der Waals surface area contributed by atoms with Gasteiger partial charge in [-0.05, 0) is 90.9 Å². The number of nitrogens with zero attached hydrogens (tertiary/aromatic N) is 4. The van der Waals surface area contributed by atoms with E-state index in [2.05, 4.69) is 10.3 Å². The molecule has 1 aliphatic heterocycles. The van der Waals surface area contributed by atoms with Gasteiger partial charge in [0.2, 0.25) is 10.0 Å².